The van der Waals surface area contributed by atoms with Gasteiger partial charge in [0.2, 0.25) is 0 Å². The number of hydrogen-bond acceptors (Lipinski definition) is 4. The van der Waals surface area contributed by atoms with Crippen LogP contribution in [0.4, 0.5) is 0 Å². The van der Waals surface area contributed by atoms with Crippen LogP contribution >= 0.6 is 15.9 Å². The number of nitrogens with one attached hydrogen (secondary N) is 2. The minimum Gasteiger partial charge on any atom is -0.483 e. The van der Waals surface area contributed by atoms with E-state index in [0.717, 1.165) is 11.1 Å². The lowest BCUT2D eigenvalue weighted by molar-refractivity contribution is -0.123. The second-order valence-corrected chi connectivity index (χ2v) is 5.98. The predicted octanol–water partition coefficient (Wildman–Crippen LogP) is 2.58. The molecule has 0 radical (unpaired) electrons. The van der Waals surface area contributed by atoms with Crippen LogP contribution in [0.25, 0.3) is 0 Å². The Morgan fingerprint density at radius 3 is 2.58 bits per heavy atom. The third-order valence-electron chi connectivity index (χ3n) is 3.44. The SMILES string of the molecule is Cc1cccc(OCC(=O)NCCNC(=O)c2ccc(Br)o2)c1C. The van der Waals surface area contributed by atoms with Gasteiger partial charge in [0.15, 0.2) is 17.0 Å². The van der Waals surface area contributed by atoms with Gasteiger partial charge in [0, 0.05) is 13.1 Å². The van der Waals surface area contributed by atoms with Gasteiger partial charge in [0.1, 0.15) is 5.75 Å². The van der Waals surface area contributed by atoms with Crippen LogP contribution in [0.2, 0.25) is 0 Å². The van der Waals surface area contributed by atoms with Gasteiger partial charge in [-0.2, -0.15) is 0 Å². The molecule has 1 aromatic carbocycles. The van der Waals surface area contributed by atoms with E-state index in [2.05, 4.69) is 26.6 Å². The highest BCUT2D eigenvalue weighted by molar-refractivity contribution is 9.10. The van der Waals surface area contributed by atoms with Crippen LogP contribution in [-0.4, -0.2) is 31.5 Å². The van der Waals surface area contributed by atoms with E-state index in [0.29, 0.717) is 23.5 Å². The van der Waals surface area contributed by atoms with Crippen molar-refractivity contribution >= 4 is 27.7 Å². The number of carbonyl (C=O) groups is 2. The molecule has 0 aliphatic rings. The molecule has 24 heavy (non-hydrogen) atoms. The number of hydrogen-bond donors (Lipinski definition) is 2. The summed E-state index contributed by atoms with van der Waals surface area (Å²) in [5, 5.41) is 5.33. The molecule has 0 spiro atoms. The summed E-state index contributed by atoms with van der Waals surface area (Å²) in [5.74, 6) is 0.334. The van der Waals surface area contributed by atoms with Gasteiger partial charge >= 0.3 is 0 Å². The van der Waals surface area contributed by atoms with Crippen LogP contribution in [0, 0.1) is 13.8 Å². The van der Waals surface area contributed by atoms with Gasteiger partial charge in [0.05, 0.1) is 0 Å². The van der Waals surface area contributed by atoms with Crippen molar-refractivity contribution in [3.8, 4) is 5.75 Å². The Labute approximate surface area is 148 Å². The summed E-state index contributed by atoms with van der Waals surface area (Å²) in [6, 6.07) is 8.91. The molecule has 0 aliphatic carbocycles. The Morgan fingerprint density at radius 1 is 1.12 bits per heavy atom. The predicted molar refractivity (Wildman–Crippen MR) is 93.2 cm³/mol. The van der Waals surface area contributed by atoms with Gasteiger partial charge in [-0.05, 0) is 59.1 Å². The number of amides is 2. The zero-order valence-corrected chi connectivity index (χ0v) is 15.1. The van der Waals surface area contributed by atoms with E-state index in [4.69, 9.17) is 9.15 Å². The van der Waals surface area contributed by atoms with Gasteiger partial charge in [-0.3, -0.25) is 9.59 Å². The maximum absolute atomic E-state index is 11.8. The van der Waals surface area contributed by atoms with Gasteiger partial charge in [-0.15, -0.1) is 0 Å². The summed E-state index contributed by atoms with van der Waals surface area (Å²) in [4.78, 5) is 23.5. The van der Waals surface area contributed by atoms with Crippen molar-refractivity contribution in [2.24, 2.45) is 0 Å². The van der Waals surface area contributed by atoms with E-state index >= 15 is 0 Å². The highest BCUT2D eigenvalue weighted by Crippen LogP contribution is 2.20. The number of ether oxygens (including phenoxy) is 1. The minimum absolute atomic E-state index is 0.0661. The molecule has 6 nitrogen and oxygen atoms in total. The fourth-order valence-electron chi connectivity index (χ4n) is 1.98. The first-order valence-corrected chi connectivity index (χ1v) is 8.26. The monoisotopic (exact) mass is 394 g/mol. The molecule has 2 amide bonds. The molecule has 2 aromatic rings. The Kier molecular flexibility index (Phi) is 6.43. The summed E-state index contributed by atoms with van der Waals surface area (Å²) >= 11 is 3.13. The van der Waals surface area contributed by atoms with Crippen LogP contribution in [0.5, 0.6) is 5.75 Å². The van der Waals surface area contributed by atoms with Gasteiger partial charge in [-0.1, -0.05) is 12.1 Å². The smallest absolute Gasteiger partial charge is 0.287 e. The van der Waals surface area contributed by atoms with Gasteiger partial charge in [0.25, 0.3) is 11.8 Å². The molecule has 0 saturated heterocycles. The van der Waals surface area contributed by atoms with E-state index in [1.807, 2.05) is 32.0 Å². The van der Waals surface area contributed by atoms with E-state index in [-0.39, 0.29) is 24.2 Å². The van der Waals surface area contributed by atoms with Crippen LogP contribution in [0.1, 0.15) is 21.7 Å². The zero-order chi connectivity index (χ0) is 17.5. The van der Waals surface area contributed by atoms with Crippen molar-refractivity contribution in [1.29, 1.82) is 0 Å². The highest BCUT2D eigenvalue weighted by Gasteiger charge is 2.10. The number of aryl methyl sites for hydroxylation is 1. The van der Waals surface area contributed by atoms with Crippen molar-refractivity contribution in [2.45, 2.75) is 13.8 Å². The molecule has 0 fully saturated rings. The summed E-state index contributed by atoms with van der Waals surface area (Å²) in [7, 11) is 0. The number of benzene rings is 1. The number of rotatable bonds is 7. The quantitative estimate of drug-likeness (QED) is 0.707. The van der Waals surface area contributed by atoms with Crippen LogP contribution < -0.4 is 15.4 Å². The molecule has 0 bridgehead atoms. The molecular weight excluding hydrogens is 376 g/mol. The Hall–Kier alpha value is -2.28. The number of halogens is 1. The molecule has 0 atom stereocenters. The summed E-state index contributed by atoms with van der Waals surface area (Å²) in [6.45, 7) is 4.48. The van der Waals surface area contributed by atoms with E-state index < -0.39 is 0 Å². The second-order valence-electron chi connectivity index (χ2n) is 5.20. The standard InChI is InChI=1S/C17H19BrN2O4/c1-11-4-3-5-13(12(11)2)23-10-16(21)19-8-9-20-17(22)14-6-7-15(18)24-14/h3-7H,8-10H2,1-2H3,(H,19,21)(H,20,22). The van der Waals surface area contributed by atoms with Gasteiger partial charge < -0.3 is 19.8 Å². The summed E-state index contributed by atoms with van der Waals surface area (Å²) < 4.78 is 11.1. The molecule has 128 valence electrons. The Bertz CT molecular complexity index is 727. The Balaban J connectivity index is 1.66. The molecule has 1 aromatic heterocycles. The van der Waals surface area contributed by atoms with E-state index in [1.54, 1.807) is 12.1 Å². The number of furan rings is 1. The maximum atomic E-state index is 11.8. The molecule has 0 saturated carbocycles. The lowest BCUT2D eigenvalue weighted by Crippen LogP contribution is -2.36. The van der Waals surface area contributed by atoms with Crippen LogP contribution in [-0.2, 0) is 4.79 Å². The Morgan fingerprint density at radius 2 is 1.88 bits per heavy atom. The second kappa shape index (κ2) is 8.54. The average molecular weight is 395 g/mol. The van der Waals surface area contributed by atoms with E-state index in [9.17, 15) is 9.59 Å². The maximum Gasteiger partial charge on any atom is 0.287 e. The lowest BCUT2D eigenvalue weighted by atomic mass is 10.1. The first kappa shape index (κ1) is 18.1. The summed E-state index contributed by atoms with van der Waals surface area (Å²) in [6.07, 6.45) is 0. The third-order valence-corrected chi connectivity index (χ3v) is 3.87. The van der Waals surface area contributed by atoms with Crippen molar-refractivity contribution in [3.05, 3.63) is 51.9 Å². The fraction of sp³-hybridized carbons (Fsp3) is 0.294. The molecule has 2 N–H and O–H groups in total. The first-order valence-electron chi connectivity index (χ1n) is 7.46. The van der Waals surface area contributed by atoms with Crippen molar-refractivity contribution < 1.29 is 18.7 Å². The molecule has 7 heteroatoms. The topological polar surface area (TPSA) is 80.6 Å². The third kappa shape index (κ3) is 5.13. The summed E-state index contributed by atoms with van der Waals surface area (Å²) in [5.41, 5.74) is 2.13. The normalized spacial score (nSPS) is 10.3. The molecule has 0 unspecified atom stereocenters. The number of carbonyl (C=O) groups excluding carboxylic acids is 2. The minimum atomic E-state index is -0.332. The molecular formula is C17H19BrN2O4. The molecule has 0 aliphatic heterocycles. The van der Waals surface area contributed by atoms with Crippen molar-refractivity contribution in [2.75, 3.05) is 19.7 Å². The zero-order valence-electron chi connectivity index (χ0n) is 13.5. The van der Waals surface area contributed by atoms with Crippen LogP contribution in [0.3, 0.4) is 0 Å². The van der Waals surface area contributed by atoms with E-state index in [1.165, 1.54) is 0 Å². The lowest BCUT2D eigenvalue weighted by Gasteiger charge is -2.11. The van der Waals surface area contributed by atoms with Crippen molar-refractivity contribution in [3.63, 3.8) is 0 Å². The molecule has 1 heterocycles. The highest BCUT2D eigenvalue weighted by atomic mass is 79.9. The fourth-order valence-corrected chi connectivity index (χ4v) is 2.28. The van der Waals surface area contributed by atoms with Crippen LogP contribution in [0.15, 0.2) is 39.4 Å². The molecule has 2 rings (SSSR count). The largest absolute Gasteiger partial charge is 0.483 e. The van der Waals surface area contributed by atoms with Gasteiger partial charge in [-0.25, -0.2) is 0 Å². The first-order chi connectivity index (χ1) is 11.5. The average Bonchev–Trinajstić information content (AvgIpc) is 2.99. The van der Waals surface area contributed by atoms with Crippen molar-refractivity contribution in [1.82, 2.24) is 10.6 Å².